The summed E-state index contributed by atoms with van der Waals surface area (Å²) < 4.78 is 11.4. The van der Waals surface area contributed by atoms with Crippen LogP contribution >= 0.6 is 0 Å². The second-order valence-electron chi connectivity index (χ2n) is 7.89. The number of morpholine rings is 1. The monoisotopic (exact) mass is 460 g/mol. The maximum atomic E-state index is 11.7. The highest BCUT2D eigenvalue weighted by Crippen LogP contribution is 2.22. The van der Waals surface area contributed by atoms with Crippen molar-refractivity contribution in [3.63, 3.8) is 0 Å². The normalized spacial score (nSPS) is 13.7. The van der Waals surface area contributed by atoms with Crippen LogP contribution in [0.2, 0.25) is 0 Å². The Morgan fingerprint density at radius 3 is 2.85 bits per heavy atom. The lowest BCUT2D eigenvalue weighted by Gasteiger charge is -2.29. The number of aryl methyl sites for hydroxylation is 1. The lowest BCUT2D eigenvalue weighted by atomic mass is 10.1. The van der Waals surface area contributed by atoms with E-state index >= 15 is 0 Å². The zero-order valence-corrected chi connectivity index (χ0v) is 19.1. The average Bonchev–Trinajstić information content (AvgIpc) is 2.85. The van der Waals surface area contributed by atoms with Crippen LogP contribution < -0.4 is 20.8 Å². The summed E-state index contributed by atoms with van der Waals surface area (Å²) >= 11 is 0. The fourth-order valence-electron chi connectivity index (χ4n) is 3.60. The molecule has 1 aromatic carbocycles. The van der Waals surface area contributed by atoms with Crippen LogP contribution in [-0.2, 0) is 11.2 Å². The lowest BCUT2D eigenvalue weighted by Crippen LogP contribution is -2.36. The molecular weight excluding hydrogens is 432 g/mol. The second-order valence-corrected chi connectivity index (χ2v) is 7.89. The molecule has 3 heterocycles. The van der Waals surface area contributed by atoms with Gasteiger partial charge in [-0.3, -0.25) is 15.2 Å². The van der Waals surface area contributed by atoms with Crippen molar-refractivity contribution in [1.82, 2.24) is 9.97 Å². The molecule has 0 bridgehead atoms. The quantitative estimate of drug-likeness (QED) is 0.373. The number of hydrazone groups is 1. The third-order valence-corrected chi connectivity index (χ3v) is 5.34. The van der Waals surface area contributed by atoms with Gasteiger partial charge in [0.2, 0.25) is 5.88 Å². The van der Waals surface area contributed by atoms with E-state index in [0.717, 1.165) is 30.0 Å². The van der Waals surface area contributed by atoms with Crippen LogP contribution in [0, 0.1) is 6.92 Å². The molecule has 1 aliphatic heterocycles. The molecule has 1 aliphatic rings. The van der Waals surface area contributed by atoms with Crippen LogP contribution in [0.5, 0.6) is 5.88 Å². The number of primary amides is 1. The van der Waals surface area contributed by atoms with Crippen molar-refractivity contribution in [2.24, 2.45) is 10.8 Å². The van der Waals surface area contributed by atoms with E-state index in [9.17, 15) is 4.79 Å². The number of ether oxygens (including phenoxy) is 2. The summed E-state index contributed by atoms with van der Waals surface area (Å²) in [6.45, 7) is 5.31. The van der Waals surface area contributed by atoms with Gasteiger partial charge < -0.3 is 20.1 Å². The van der Waals surface area contributed by atoms with Gasteiger partial charge in [0.1, 0.15) is 0 Å². The third-order valence-electron chi connectivity index (χ3n) is 5.34. The van der Waals surface area contributed by atoms with Gasteiger partial charge in [-0.2, -0.15) is 5.10 Å². The molecule has 0 spiro atoms. The molecule has 0 aliphatic carbocycles. The summed E-state index contributed by atoms with van der Waals surface area (Å²) in [5, 5.41) is 4.30. The topological polar surface area (TPSA) is 115 Å². The highest BCUT2D eigenvalue weighted by Gasteiger charge is 2.14. The maximum absolute atomic E-state index is 11.7. The van der Waals surface area contributed by atoms with Crippen LogP contribution in [0.1, 0.15) is 27.3 Å². The number of nitrogens with one attached hydrogen (secondary N) is 1. The van der Waals surface area contributed by atoms with Gasteiger partial charge in [0, 0.05) is 43.2 Å². The molecule has 0 unspecified atom stereocenters. The van der Waals surface area contributed by atoms with E-state index in [2.05, 4.69) is 25.4 Å². The molecule has 1 amide bonds. The minimum absolute atomic E-state index is 0.372. The Hall–Kier alpha value is -3.98. The molecule has 3 N–H and O–H groups in total. The number of nitrogens with two attached hydrogens (primary N) is 1. The first-order chi connectivity index (χ1) is 16.6. The Labute approximate surface area is 198 Å². The number of pyridine rings is 2. The van der Waals surface area contributed by atoms with Crippen molar-refractivity contribution in [1.29, 1.82) is 0 Å². The van der Waals surface area contributed by atoms with Crippen LogP contribution in [0.3, 0.4) is 0 Å². The van der Waals surface area contributed by atoms with E-state index in [1.165, 1.54) is 0 Å². The Bertz CT molecular complexity index is 1150. The molecule has 176 valence electrons. The van der Waals surface area contributed by atoms with Crippen LogP contribution in [0.15, 0.2) is 59.8 Å². The van der Waals surface area contributed by atoms with E-state index in [0.29, 0.717) is 49.1 Å². The van der Waals surface area contributed by atoms with Gasteiger partial charge in [-0.1, -0.05) is 12.1 Å². The third kappa shape index (κ3) is 6.29. The number of aromatic nitrogens is 2. The van der Waals surface area contributed by atoms with Gasteiger partial charge >= 0.3 is 0 Å². The van der Waals surface area contributed by atoms with Crippen molar-refractivity contribution in [2.75, 3.05) is 43.2 Å². The van der Waals surface area contributed by atoms with Crippen LogP contribution in [-0.4, -0.2) is 55.0 Å². The number of hydrogen-bond acceptors (Lipinski definition) is 8. The summed E-state index contributed by atoms with van der Waals surface area (Å²) in [7, 11) is 0. The summed E-state index contributed by atoms with van der Waals surface area (Å²) in [5.74, 6) is -0.0107. The fourth-order valence-corrected chi connectivity index (χ4v) is 3.60. The minimum Gasteiger partial charge on any atom is -0.477 e. The zero-order valence-electron chi connectivity index (χ0n) is 19.1. The van der Waals surface area contributed by atoms with Crippen molar-refractivity contribution >= 4 is 23.5 Å². The molecule has 1 saturated heterocycles. The standard InChI is InChI=1S/C25H28N6O3/c1-18-5-6-22(25(26)32)23(14-18)30-28-17-20-15-21(31-9-12-33-13-10-31)16-24(29-20)34-11-7-19-4-2-3-8-27-19/h2-6,8,14-17,30H,7,9-13H2,1H3,(H2,26,32). The highest BCUT2D eigenvalue weighted by atomic mass is 16.5. The Morgan fingerprint density at radius 1 is 1.24 bits per heavy atom. The van der Waals surface area contributed by atoms with E-state index in [-0.39, 0.29) is 0 Å². The van der Waals surface area contributed by atoms with Crippen molar-refractivity contribution in [3.05, 3.63) is 77.2 Å². The molecule has 1 fully saturated rings. The van der Waals surface area contributed by atoms with Gasteiger partial charge in [-0.25, -0.2) is 4.98 Å². The molecule has 9 nitrogen and oxygen atoms in total. The van der Waals surface area contributed by atoms with Crippen molar-refractivity contribution in [2.45, 2.75) is 13.3 Å². The van der Waals surface area contributed by atoms with E-state index < -0.39 is 5.91 Å². The maximum Gasteiger partial charge on any atom is 0.250 e. The van der Waals surface area contributed by atoms with Gasteiger partial charge in [0.05, 0.1) is 43.0 Å². The van der Waals surface area contributed by atoms with Crippen molar-refractivity contribution in [3.8, 4) is 5.88 Å². The number of amides is 1. The SMILES string of the molecule is Cc1ccc(C(N)=O)c(NN=Cc2cc(N3CCOCC3)cc(OCCc3ccccn3)n2)c1. The Morgan fingerprint density at radius 2 is 2.09 bits per heavy atom. The largest absolute Gasteiger partial charge is 0.477 e. The Balaban J connectivity index is 1.51. The van der Waals surface area contributed by atoms with E-state index in [4.69, 9.17) is 15.2 Å². The highest BCUT2D eigenvalue weighted by molar-refractivity contribution is 5.98. The molecule has 34 heavy (non-hydrogen) atoms. The molecule has 0 radical (unpaired) electrons. The number of benzene rings is 1. The number of anilines is 2. The number of rotatable bonds is 9. The lowest BCUT2D eigenvalue weighted by molar-refractivity contribution is 0.100. The first-order valence-electron chi connectivity index (χ1n) is 11.2. The minimum atomic E-state index is -0.520. The van der Waals surface area contributed by atoms with Crippen LogP contribution in [0.4, 0.5) is 11.4 Å². The van der Waals surface area contributed by atoms with Gasteiger partial charge in [-0.05, 0) is 42.8 Å². The van der Waals surface area contributed by atoms with Gasteiger partial charge in [0.15, 0.2) is 0 Å². The van der Waals surface area contributed by atoms with E-state index in [1.807, 2.05) is 49.4 Å². The molecule has 3 aromatic rings. The Kier molecular flexibility index (Phi) is 7.67. The van der Waals surface area contributed by atoms with Gasteiger partial charge in [-0.15, -0.1) is 0 Å². The first-order valence-corrected chi connectivity index (χ1v) is 11.2. The number of hydrogen-bond donors (Lipinski definition) is 2. The second kappa shape index (κ2) is 11.2. The predicted molar refractivity (Wildman–Crippen MR) is 132 cm³/mol. The molecule has 2 aromatic heterocycles. The summed E-state index contributed by atoms with van der Waals surface area (Å²) in [6.07, 6.45) is 4.05. The predicted octanol–water partition coefficient (Wildman–Crippen LogP) is 2.79. The number of carbonyl (C=O) groups is 1. The number of nitrogens with zero attached hydrogens (tertiary/aromatic N) is 4. The van der Waals surface area contributed by atoms with E-state index in [1.54, 1.807) is 18.5 Å². The molecule has 0 atom stereocenters. The molecular formula is C25H28N6O3. The smallest absolute Gasteiger partial charge is 0.250 e. The number of carbonyl (C=O) groups excluding carboxylic acids is 1. The summed E-state index contributed by atoms with van der Waals surface area (Å²) in [5.41, 5.74) is 12.9. The average molecular weight is 461 g/mol. The molecule has 0 saturated carbocycles. The van der Waals surface area contributed by atoms with Gasteiger partial charge in [0.25, 0.3) is 5.91 Å². The zero-order chi connectivity index (χ0) is 23.8. The van der Waals surface area contributed by atoms with Crippen LogP contribution in [0.25, 0.3) is 0 Å². The molecule has 9 heteroatoms. The molecule has 4 rings (SSSR count). The summed E-state index contributed by atoms with van der Waals surface area (Å²) in [4.78, 5) is 22.9. The first kappa shape index (κ1) is 23.2. The summed E-state index contributed by atoms with van der Waals surface area (Å²) in [6, 6.07) is 15.0. The fraction of sp³-hybridized carbons (Fsp3) is 0.280. The van der Waals surface area contributed by atoms with Crippen molar-refractivity contribution < 1.29 is 14.3 Å².